The van der Waals surface area contributed by atoms with Crippen LogP contribution in [0.2, 0.25) is 18.1 Å². The number of rotatable bonds is 4. The first-order valence-corrected chi connectivity index (χ1v) is 10.8. The van der Waals surface area contributed by atoms with Crippen LogP contribution in [0.5, 0.6) is 0 Å². The van der Waals surface area contributed by atoms with Gasteiger partial charge in [0.1, 0.15) is 0 Å². The van der Waals surface area contributed by atoms with Crippen molar-refractivity contribution in [3.8, 4) is 0 Å². The highest BCUT2D eigenvalue weighted by atomic mass is 28.4. The van der Waals surface area contributed by atoms with Crippen molar-refractivity contribution in [2.75, 3.05) is 6.61 Å². The predicted octanol–water partition coefficient (Wildman–Crippen LogP) is 4.52. The second kappa shape index (κ2) is 6.18. The van der Waals surface area contributed by atoms with Crippen LogP contribution in [0.25, 0.3) is 0 Å². The minimum absolute atomic E-state index is 0.101. The molecule has 0 aliphatic heterocycles. The van der Waals surface area contributed by atoms with Gasteiger partial charge in [-0.05, 0) is 50.2 Å². The standard InChI is InChI=1S/C16H32O3Si/c1-8-18-14(17)16(12-10-9-11-13(16)2)19-20(6,7)15(3,4)5/h13H,8-12H2,1-7H3. The van der Waals surface area contributed by atoms with Gasteiger partial charge in [0, 0.05) is 0 Å². The lowest BCUT2D eigenvalue weighted by Crippen LogP contribution is -2.58. The fourth-order valence-electron chi connectivity index (χ4n) is 2.68. The van der Waals surface area contributed by atoms with Crippen molar-refractivity contribution >= 4 is 14.3 Å². The number of hydrogen-bond donors (Lipinski definition) is 0. The van der Waals surface area contributed by atoms with Gasteiger partial charge >= 0.3 is 5.97 Å². The van der Waals surface area contributed by atoms with Crippen LogP contribution in [-0.4, -0.2) is 26.5 Å². The molecule has 20 heavy (non-hydrogen) atoms. The lowest BCUT2D eigenvalue weighted by Gasteiger charge is -2.48. The number of carbonyl (C=O) groups is 1. The third-order valence-electron chi connectivity index (χ3n) is 5.10. The number of esters is 1. The monoisotopic (exact) mass is 300 g/mol. The van der Waals surface area contributed by atoms with E-state index in [0.717, 1.165) is 19.3 Å². The SMILES string of the molecule is CCOC(=O)C1(O[Si](C)(C)C(C)(C)C)CCCCC1C. The van der Waals surface area contributed by atoms with Crippen LogP contribution in [0.3, 0.4) is 0 Å². The van der Waals surface area contributed by atoms with E-state index < -0.39 is 13.9 Å². The molecule has 0 spiro atoms. The molecule has 3 nitrogen and oxygen atoms in total. The van der Waals surface area contributed by atoms with Gasteiger partial charge in [0.15, 0.2) is 13.9 Å². The Balaban J connectivity index is 3.09. The second-order valence-electron chi connectivity index (χ2n) is 7.62. The maximum Gasteiger partial charge on any atom is 0.337 e. The summed E-state index contributed by atoms with van der Waals surface area (Å²) in [6.45, 7) is 15.5. The average Bonchev–Trinajstić information content (AvgIpc) is 2.30. The molecule has 0 aromatic carbocycles. The minimum Gasteiger partial charge on any atom is -0.464 e. The zero-order valence-corrected chi connectivity index (χ0v) is 15.3. The Hall–Kier alpha value is -0.353. The van der Waals surface area contributed by atoms with E-state index in [-0.39, 0.29) is 16.9 Å². The van der Waals surface area contributed by atoms with Gasteiger partial charge in [-0.3, -0.25) is 0 Å². The predicted molar refractivity (Wildman–Crippen MR) is 85.3 cm³/mol. The van der Waals surface area contributed by atoms with Crippen molar-refractivity contribution in [2.24, 2.45) is 5.92 Å². The molecule has 0 N–H and O–H groups in total. The van der Waals surface area contributed by atoms with Crippen LogP contribution in [0.4, 0.5) is 0 Å². The quantitative estimate of drug-likeness (QED) is 0.565. The number of carbonyl (C=O) groups excluding carboxylic acids is 1. The van der Waals surface area contributed by atoms with Crippen molar-refractivity contribution in [3.63, 3.8) is 0 Å². The summed E-state index contributed by atoms with van der Waals surface area (Å²) in [6.07, 6.45) is 4.09. The Kier molecular flexibility index (Phi) is 5.47. The van der Waals surface area contributed by atoms with E-state index in [1.165, 1.54) is 6.42 Å². The van der Waals surface area contributed by atoms with E-state index in [9.17, 15) is 4.79 Å². The highest BCUT2D eigenvalue weighted by molar-refractivity contribution is 6.74. The van der Waals surface area contributed by atoms with Crippen molar-refractivity contribution in [2.45, 2.75) is 84.0 Å². The third kappa shape index (κ3) is 3.45. The van der Waals surface area contributed by atoms with Crippen molar-refractivity contribution in [3.05, 3.63) is 0 Å². The average molecular weight is 301 g/mol. The lowest BCUT2D eigenvalue weighted by molar-refractivity contribution is -0.172. The van der Waals surface area contributed by atoms with Crippen LogP contribution >= 0.6 is 0 Å². The van der Waals surface area contributed by atoms with Crippen LogP contribution in [0, 0.1) is 5.92 Å². The molecule has 4 heteroatoms. The molecule has 0 amide bonds. The molecule has 0 aromatic heterocycles. The van der Waals surface area contributed by atoms with E-state index in [2.05, 4.69) is 40.8 Å². The molecule has 1 aliphatic rings. The fraction of sp³-hybridized carbons (Fsp3) is 0.938. The van der Waals surface area contributed by atoms with Gasteiger partial charge < -0.3 is 9.16 Å². The van der Waals surface area contributed by atoms with Gasteiger partial charge in [0.2, 0.25) is 0 Å². The van der Waals surface area contributed by atoms with Gasteiger partial charge in [-0.1, -0.05) is 34.1 Å². The molecule has 0 heterocycles. The Morgan fingerprint density at radius 3 is 2.35 bits per heavy atom. The van der Waals surface area contributed by atoms with Gasteiger partial charge in [-0.2, -0.15) is 0 Å². The summed E-state index contributed by atoms with van der Waals surface area (Å²) < 4.78 is 12.0. The highest BCUT2D eigenvalue weighted by Crippen LogP contribution is 2.45. The molecule has 1 aliphatic carbocycles. The maximum atomic E-state index is 12.6. The molecule has 2 atom stereocenters. The van der Waals surface area contributed by atoms with Gasteiger partial charge in [-0.15, -0.1) is 0 Å². The summed E-state index contributed by atoms with van der Waals surface area (Å²) in [5, 5.41) is 0.101. The summed E-state index contributed by atoms with van der Waals surface area (Å²) in [5.74, 6) is 0.0986. The first-order chi connectivity index (χ1) is 9.07. The fourth-order valence-corrected chi connectivity index (χ4v) is 4.28. The smallest absolute Gasteiger partial charge is 0.337 e. The van der Waals surface area contributed by atoms with E-state index in [0.29, 0.717) is 6.61 Å². The topological polar surface area (TPSA) is 35.5 Å². The Morgan fingerprint density at radius 2 is 1.90 bits per heavy atom. The Bertz CT molecular complexity index is 346. The molecular weight excluding hydrogens is 268 g/mol. The van der Waals surface area contributed by atoms with Crippen LogP contribution in [-0.2, 0) is 14.0 Å². The summed E-state index contributed by atoms with van der Waals surface area (Å²) in [4.78, 5) is 12.6. The van der Waals surface area contributed by atoms with Crippen molar-refractivity contribution in [1.29, 1.82) is 0 Å². The molecule has 0 radical (unpaired) electrons. The van der Waals surface area contributed by atoms with Gasteiger partial charge in [0.05, 0.1) is 6.61 Å². The minimum atomic E-state index is -2.00. The largest absolute Gasteiger partial charge is 0.464 e. The van der Waals surface area contributed by atoms with Crippen LogP contribution in [0.15, 0.2) is 0 Å². The van der Waals surface area contributed by atoms with Crippen molar-refractivity contribution < 1.29 is 14.0 Å². The van der Waals surface area contributed by atoms with E-state index >= 15 is 0 Å². The maximum absolute atomic E-state index is 12.6. The first-order valence-electron chi connectivity index (χ1n) is 7.94. The molecule has 0 bridgehead atoms. The van der Waals surface area contributed by atoms with Crippen LogP contribution in [0.1, 0.15) is 60.3 Å². The Labute approximate surface area is 125 Å². The van der Waals surface area contributed by atoms with Crippen molar-refractivity contribution in [1.82, 2.24) is 0 Å². The van der Waals surface area contributed by atoms with Crippen LogP contribution < -0.4 is 0 Å². The molecular formula is C16H32O3Si. The zero-order valence-electron chi connectivity index (χ0n) is 14.3. The third-order valence-corrected chi connectivity index (χ3v) is 9.58. The molecule has 118 valence electrons. The zero-order chi connectivity index (χ0) is 15.6. The first kappa shape index (κ1) is 17.7. The summed E-state index contributed by atoms with van der Waals surface area (Å²) in [6, 6.07) is 0. The normalized spacial score (nSPS) is 28.2. The molecule has 1 rings (SSSR count). The molecule has 1 fully saturated rings. The van der Waals surface area contributed by atoms with E-state index in [1.807, 2.05) is 6.92 Å². The molecule has 1 saturated carbocycles. The number of hydrogen-bond acceptors (Lipinski definition) is 3. The Morgan fingerprint density at radius 1 is 1.30 bits per heavy atom. The van der Waals surface area contributed by atoms with E-state index in [1.54, 1.807) is 0 Å². The van der Waals surface area contributed by atoms with E-state index in [4.69, 9.17) is 9.16 Å². The van der Waals surface area contributed by atoms with Gasteiger partial charge in [-0.25, -0.2) is 4.79 Å². The summed E-state index contributed by atoms with van der Waals surface area (Å²) in [5.41, 5.74) is -0.711. The highest BCUT2D eigenvalue weighted by Gasteiger charge is 2.53. The summed E-state index contributed by atoms with van der Waals surface area (Å²) in [7, 11) is -2.00. The summed E-state index contributed by atoms with van der Waals surface area (Å²) >= 11 is 0. The lowest BCUT2D eigenvalue weighted by atomic mass is 9.76. The molecule has 0 aromatic rings. The molecule has 2 unspecified atom stereocenters. The molecule has 0 saturated heterocycles. The number of ether oxygens (including phenoxy) is 1. The van der Waals surface area contributed by atoms with Gasteiger partial charge in [0.25, 0.3) is 0 Å². The second-order valence-corrected chi connectivity index (χ2v) is 12.3.